The van der Waals surface area contributed by atoms with Crippen molar-refractivity contribution >= 4 is 11.0 Å². The van der Waals surface area contributed by atoms with Gasteiger partial charge >= 0.3 is 5.63 Å². The van der Waals surface area contributed by atoms with E-state index >= 15 is 0 Å². The maximum Gasteiger partial charge on any atom is 0.339 e. The molecule has 0 aliphatic heterocycles. The van der Waals surface area contributed by atoms with Gasteiger partial charge in [0.1, 0.15) is 17.9 Å². The van der Waals surface area contributed by atoms with Crippen LogP contribution in [-0.2, 0) is 19.4 Å². The molecule has 3 nitrogen and oxygen atoms in total. The molecule has 0 amide bonds. The van der Waals surface area contributed by atoms with Gasteiger partial charge in [-0.2, -0.15) is 0 Å². The molecule has 0 saturated carbocycles. The van der Waals surface area contributed by atoms with Crippen molar-refractivity contribution in [2.45, 2.75) is 39.7 Å². The van der Waals surface area contributed by atoms with Crippen LogP contribution in [0.25, 0.3) is 11.0 Å². The molecule has 4 rings (SSSR count). The Bertz CT molecular complexity index is 982. The number of aryl methyl sites for hydroxylation is 3. The Kier molecular flexibility index (Phi) is 3.64. The minimum Gasteiger partial charge on any atom is -0.488 e. The first-order valence-corrected chi connectivity index (χ1v) is 8.40. The Balaban J connectivity index is 1.73. The summed E-state index contributed by atoms with van der Waals surface area (Å²) >= 11 is 0. The molecule has 0 atom stereocenters. The zero-order valence-corrected chi connectivity index (χ0v) is 14.0. The maximum absolute atomic E-state index is 12.2. The van der Waals surface area contributed by atoms with E-state index in [0.717, 1.165) is 52.7 Å². The molecular formula is C21H20O3. The van der Waals surface area contributed by atoms with Crippen LogP contribution in [0.4, 0.5) is 0 Å². The van der Waals surface area contributed by atoms with Crippen LogP contribution in [0.1, 0.15) is 34.2 Å². The number of hydrogen-bond donors (Lipinski definition) is 0. The standard InChI is InChI=1S/C21H20O3/c1-13-6-3-4-7-15(13)12-23-19-11-10-17-16-8-5-9-18(16)21(22)24-20(17)14(19)2/h3-4,6-7,10-11H,5,8-9,12H2,1-2H3. The van der Waals surface area contributed by atoms with Crippen molar-refractivity contribution in [1.29, 1.82) is 0 Å². The average molecular weight is 320 g/mol. The zero-order valence-electron chi connectivity index (χ0n) is 14.0. The molecule has 1 aromatic heterocycles. The van der Waals surface area contributed by atoms with Crippen molar-refractivity contribution in [3.05, 3.63) is 74.6 Å². The highest BCUT2D eigenvalue weighted by molar-refractivity contribution is 5.86. The lowest BCUT2D eigenvalue weighted by Gasteiger charge is -2.13. The fourth-order valence-corrected chi connectivity index (χ4v) is 3.55. The Morgan fingerprint density at radius 2 is 1.83 bits per heavy atom. The van der Waals surface area contributed by atoms with Gasteiger partial charge in [0.2, 0.25) is 0 Å². The van der Waals surface area contributed by atoms with Gasteiger partial charge in [0.25, 0.3) is 0 Å². The van der Waals surface area contributed by atoms with Gasteiger partial charge in [-0.3, -0.25) is 0 Å². The van der Waals surface area contributed by atoms with E-state index in [1.807, 2.05) is 31.2 Å². The molecule has 3 heteroatoms. The highest BCUT2D eigenvalue weighted by atomic mass is 16.5. The number of hydrogen-bond acceptors (Lipinski definition) is 3. The second-order valence-corrected chi connectivity index (χ2v) is 6.48. The monoisotopic (exact) mass is 320 g/mol. The lowest BCUT2D eigenvalue weighted by atomic mass is 10.0. The van der Waals surface area contributed by atoms with Crippen molar-refractivity contribution in [2.75, 3.05) is 0 Å². The van der Waals surface area contributed by atoms with Gasteiger partial charge in [0.05, 0.1) is 0 Å². The molecule has 122 valence electrons. The SMILES string of the molecule is Cc1ccccc1COc1ccc2c3c(c(=O)oc2c1C)CCC3. The summed E-state index contributed by atoms with van der Waals surface area (Å²) in [6, 6.07) is 12.2. The predicted molar refractivity (Wildman–Crippen MR) is 94.8 cm³/mol. The molecule has 2 aromatic carbocycles. The zero-order chi connectivity index (χ0) is 16.7. The van der Waals surface area contributed by atoms with Crippen LogP contribution in [0.5, 0.6) is 5.75 Å². The van der Waals surface area contributed by atoms with Crippen LogP contribution in [0.15, 0.2) is 45.6 Å². The third kappa shape index (κ3) is 2.41. The Hall–Kier alpha value is -2.55. The summed E-state index contributed by atoms with van der Waals surface area (Å²) in [5.41, 5.74) is 5.77. The van der Waals surface area contributed by atoms with Gasteiger partial charge in [-0.1, -0.05) is 24.3 Å². The van der Waals surface area contributed by atoms with E-state index in [1.54, 1.807) is 0 Å². The van der Waals surface area contributed by atoms with Crippen molar-refractivity contribution in [2.24, 2.45) is 0 Å². The third-order valence-electron chi connectivity index (χ3n) is 4.98. The van der Waals surface area contributed by atoms with Gasteiger partial charge in [-0.05, 0) is 61.9 Å². The van der Waals surface area contributed by atoms with Gasteiger partial charge in [-0.15, -0.1) is 0 Å². The molecule has 1 aliphatic rings. The topological polar surface area (TPSA) is 39.4 Å². The van der Waals surface area contributed by atoms with Crippen molar-refractivity contribution in [3.8, 4) is 5.75 Å². The second-order valence-electron chi connectivity index (χ2n) is 6.48. The lowest BCUT2D eigenvalue weighted by Crippen LogP contribution is -2.08. The first kappa shape index (κ1) is 15.0. The summed E-state index contributed by atoms with van der Waals surface area (Å²) in [6.07, 6.45) is 2.82. The molecule has 0 radical (unpaired) electrons. The summed E-state index contributed by atoms with van der Waals surface area (Å²) in [4.78, 5) is 12.2. The van der Waals surface area contributed by atoms with E-state index < -0.39 is 0 Å². The van der Waals surface area contributed by atoms with E-state index in [2.05, 4.69) is 19.1 Å². The number of rotatable bonds is 3. The molecule has 0 N–H and O–H groups in total. The molecule has 0 fully saturated rings. The normalized spacial score (nSPS) is 13.2. The molecule has 0 unspecified atom stereocenters. The first-order valence-electron chi connectivity index (χ1n) is 8.40. The third-order valence-corrected chi connectivity index (χ3v) is 4.98. The Labute approximate surface area is 140 Å². The predicted octanol–water partition coefficient (Wildman–Crippen LogP) is 4.48. The summed E-state index contributed by atoms with van der Waals surface area (Å²) < 4.78 is 11.6. The molecule has 0 saturated heterocycles. The molecule has 0 spiro atoms. The van der Waals surface area contributed by atoms with Crippen molar-refractivity contribution < 1.29 is 9.15 Å². The molecule has 1 aliphatic carbocycles. The highest BCUT2D eigenvalue weighted by Crippen LogP contribution is 2.33. The Morgan fingerprint density at radius 1 is 1.04 bits per heavy atom. The highest BCUT2D eigenvalue weighted by Gasteiger charge is 2.21. The van der Waals surface area contributed by atoms with Crippen LogP contribution in [-0.4, -0.2) is 0 Å². The van der Waals surface area contributed by atoms with Gasteiger partial charge in [0, 0.05) is 16.5 Å². The van der Waals surface area contributed by atoms with E-state index in [1.165, 1.54) is 5.56 Å². The van der Waals surface area contributed by atoms with Gasteiger partial charge < -0.3 is 9.15 Å². The summed E-state index contributed by atoms with van der Waals surface area (Å²) in [6.45, 7) is 4.54. The minimum absolute atomic E-state index is 0.186. The summed E-state index contributed by atoms with van der Waals surface area (Å²) in [7, 11) is 0. The minimum atomic E-state index is -0.186. The first-order chi connectivity index (χ1) is 11.6. The van der Waals surface area contributed by atoms with Gasteiger partial charge in [0.15, 0.2) is 0 Å². The average Bonchev–Trinajstić information content (AvgIpc) is 3.07. The number of benzene rings is 2. The fourth-order valence-electron chi connectivity index (χ4n) is 3.55. The van der Waals surface area contributed by atoms with Gasteiger partial charge in [-0.25, -0.2) is 4.79 Å². The van der Waals surface area contributed by atoms with Crippen molar-refractivity contribution in [1.82, 2.24) is 0 Å². The van der Waals surface area contributed by atoms with Crippen LogP contribution >= 0.6 is 0 Å². The molecule has 3 aromatic rings. The summed E-state index contributed by atoms with van der Waals surface area (Å²) in [5.74, 6) is 0.770. The van der Waals surface area contributed by atoms with Crippen LogP contribution in [0.3, 0.4) is 0 Å². The van der Waals surface area contributed by atoms with E-state index in [0.29, 0.717) is 12.2 Å². The molecule has 0 bridgehead atoms. The fraction of sp³-hybridized carbons (Fsp3) is 0.286. The quantitative estimate of drug-likeness (QED) is 0.668. The smallest absolute Gasteiger partial charge is 0.339 e. The molecular weight excluding hydrogens is 300 g/mol. The Morgan fingerprint density at radius 3 is 2.67 bits per heavy atom. The molecule has 24 heavy (non-hydrogen) atoms. The number of fused-ring (bicyclic) bond motifs is 3. The number of ether oxygens (including phenoxy) is 1. The summed E-state index contributed by atoms with van der Waals surface area (Å²) in [5, 5.41) is 1.06. The van der Waals surface area contributed by atoms with E-state index in [4.69, 9.17) is 9.15 Å². The van der Waals surface area contributed by atoms with Crippen LogP contribution in [0, 0.1) is 13.8 Å². The molecule has 1 heterocycles. The second kappa shape index (κ2) is 5.82. The maximum atomic E-state index is 12.2. The van der Waals surface area contributed by atoms with Crippen LogP contribution in [0.2, 0.25) is 0 Å². The van der Waals surface area contributed by atoms with Crippen molar-refractivity contribution in [3.63, 3.8) is 0 Å². The van der Waals surface area contributed by atoms with E-state index in [9.17, 15) is 4.79 Å². The largest absolute Gasteiger partial charge is 0.488 e. The van der Waals surface area contributed by atoms with E-state index in [-0.39, 0.29) is 5.63 Å². The van der Waals surface area contributed by atoms with Crippen LogP contribution < -0.4 is 10.4 Å². The lowest BCUT2D eigenvalue weighted by molar-refractivity contribution is 0.303.